The van der Waals surface area contributed by atoms with Crippen molar-refractivity contribution < 1.29 is 14.3 Å². The zero-order valence-corrected chi connectivity index (χ0v) is 9.58. The molecule has 1 aromatic rings. The Bertz CT molecular complexity index is 416. The Kier molecular flexibility index (Phi) is 3.43. The van der Waals surface area contributed by atoms with E-state index in [9.17, 15) is 14.3 Å². The van der Waals surface area contributed by atoms with E-state index in [0.29, 0.717) is 5.56 Å². The Morgan fingerprint density at radius 3 is 2.71 bits per heavy atom. The molecule has 1 amide bonds. The summed E-state index contributed by atoms with van der Waals surface area (Å²) >= 11 is 0. The second kappa shape index (κ2) is 4.84. The van der Waals surface area contributed by atoms with Crippen LogP contribution in [0.3, 0.4) is 0 Å². The summed E-state index contributed by atoms with van der Waals surface area (Å²) in [4.78, 5) is 11.6. The summed E-state index contributed by atoms with van der Waals surface area (Å²) in [5.74, 6) is -0.625. The van der Waals surface area contributed by atoms with Crippen molar-refractivity contribution >= 4 is 5.91 Å². The topological polar surface area (TPSA) is 49.3 Å². The summed E-state index contributed by atoms with van der Waals surface area (Å²) in [5.41, 5.74) is -0.351. The van der Waals surface area contributed by atoms with Crippen molar-refractivity contribution in [2.24, 2.45) is 0 Å². The summed E-state index contributed by atoms with van der Waals surface area (Å²) in [6.07, 6.45) is 2.47. The van der Waals surface area contributed by atoms with Gasteiger partial charge in [-0.15, -0.1) is 0 Å². The van der Waals surface area contributed by atoms with Crippen molar-refractivity contribution in [2.45, 2.75) is 31.3 Å². The largest absolute Gasteiger partial charge is 0.388 e. The molecule has 92 valence electrons. The van der Waals surface area contributed by atoms with E-state index in [-0.39, 0.29) is 24.7 Å². The molecule has 2 N–H and O–H groups in total. The molecule has 0 aliphatic heterocycles. The predicted octanol–water partition coefficient (Wildman–Crippen LogP) is 1.40. The second-order valence-corrected chi connectivity index (χ2v) is 4.62. The third-order valence-electron chi connectivity index (χ3n) is 3.21. The number of halogens is 1. The van der Waals surface area contributed by atoms with Gasteiger partial charge in [0.05, 0.1) is 12.0 Å². The van der Waals surface area contributed by atoms with Crippen LogP contribution < -0.4 is 5.32 Å². The standard InChI is InChI=1S/C13H16FNO2/c14-11-5-2-1-4-10(11)8-12(16)15-9-13(17)6-3-7-13/h1-2,4-5,17H,3,6-9H2,(H,15,16). The van der Waals surface area contributed by atoms with Crippen LogP contribution in [0.25, 0.3) is 0 Å². The van der Waals surface area contributed by atoms with Crippen molar-refractivity contribution in [1.82, 2.24) is 5.32 Å². The number of aliphatic hydroxyl groups is 1. The summed E-state index contributed by atoms with van der Waals surface area (Å²) in [6, 6.07) is 6.22. The van der Waals surface area contributed by atoms with Crippen molar-refractivity contribution in [2.75, 3.05) is 6.54 Å². The Labute approximate surface area is 99.7 Å². The van der Waals surface area contributed by atoms with Crippen molar-refractivity contribution in [3.8, 4) is 0 Å². The number of rotatable bonds is 4. The minimum absolute atomic E-state index is 0.0166. The molecular weight excluding hydrogens is 221 g/mol. The lowest BCUT2D eigenvalue weighted by Gasteiger charge is -2.36. The van der Waals surface area contributed by atoms with E-state index < -0.39 is 5.60 Å². The molecule has 2 rings (SSSR count). The molecule has 4 heteroatoms. The first-order valence-corrected chi connectivity index (χ1v) is 5.82. The van der Waals surface area contributed by atoms with Crippen LogP contribution in [0.1, 0.15) is 24.8 Å². The first-order chi connectivity index (χ1) is 8.09. The van der Waals surface area contributed by atoms with Gasteiger partial charge in [-0.3, -0.25) is 4.79 Å². The van der Waals surface area contributed by atoms with Crippen LogP contribution in [0.2, 0.25) is 0 Å². The number of amides is 1. The molecule has 0 atom stereocenters. The van der Waals surface area contributed by atoms with Gasteiger partial charge in [0, 0.05) is 6.54 Å². The maximum atomic E-state index is 13.3. The van der Waals surface area contributed by atoms with E-state index in [1.165, 1.54) is 6.07 Å². The average molecular weight is 237 g/mol. The number of benzene rings is 1. The molecule has 17 heavy (non-hydrogen) atoms. The lowest BCUT2D eigenvalue weighted by molar-refractivity contribution is -0.122. The van der Waals surface area contributed by atoms with Gasteiger partial charge in [0.25, 0.3) is 0 Å². The highest BCUT2D eigenvalue weighted by molar-refractivity contribution is 5.78. The van der Waals surface area contributed by atoms with Crippen LogP contribution in [0, 0.1) is 5.82 Å². The summed E-state index contributed by atoms with van der Waals surface area (Å²) in [6.45, 7) is 0.264. The number of nitrogens with one attached hydrogen (secondary N) is 1. The SMILES string of the molecule is O=C(Cc1ccccc1F)NCC1(O)CCC1. The molecule has 1 aliphatic rings. The first-order valence-electron chi connectivity index (χ1n) is 5.82. The van der Waals surface area contributed by atoms with Crippen LogP contribution in [-0.4, -0.2) is 23.2 Å². The fourth-order valence-electron chi connectivity index (χ4n) is 1.90. The molecule has 1 saturated carbocycles. The Morgan fingerprint density at radius 2 is 2.12 bits per heavy atom. The van der Waals surface area contributed by atoms with Crippen molar-refractivity contribution in [3.63, 3.8) is 0 Å². The number of hydrogen-bond acceptors (Lipinski definition) is 2. The van der Waals surface area contributed by atoms with E-state index in [1.54, 1.807) is 18.2 Å². The lowest BCUT2D eigenvalue weighted by Crippen LogP contribution is -2.48. The molecule has 0 radical (unpaired) electrons. The average Bonchev–Trinajstić information content (AvgIpc) is 2.27. The van der Waals surface area contributed by atoms with E-state index >= 15 is 0 Å². The quantitative estimate of drug-likeness (QED) is 0.831. The van der Waals surface area contributed by atoms with Gasteiger partial charge in [-0.2, -0.15) is 0 Å². The number of carbonyl (C=O) groups is 1. The highest BCUT2D eigenvalue weighted by Crippen LogP contribution is 2.30. The molecule has 0 spiro atoms. The second-order valence-electron chi connectivity index (χ2n) is 4.62. The smallest absolute Gasteiger partial charge is 0.224 e. The van der Waals surface area contributed by atoms with E-state index in [1.807, 2.05) is 0 Å². The third-order valence-corrected chi connectivity index (χ3v) is 3.21. The van der Waals surface area contributed by atoms with Gasteiger partial charge in [0.2, 0.25) is 5.91 Å². The number of hydrogen-bond donors (Lipinski definition) is 2. The van der Waals surface area contributed by atoms with Gasteiger partial charge in [-0.25, -0.2) is 4.39 Å². The van der Waals surface area contributed by atoms with Gasteiger partial charge >= 0.3 is 0 Å². The molecule has 0 unspecified atom stereocenters. The zero-order valence-electron chi connectivity index (χ0n) is 9.58. The van der Waals surface area contributed by atoms with Gasteiger partial charge in [0.1, 0.15) is 5.82 Å². The Balaban J connectivity index is 1.83. The minimum Gasteiger partial charge on any atom is -0.388 e. The maximum Gasteiger partial charge on any atom is 0.224 e. The zero-order chi connectivity index (χ0) is 12.3. The molecule has 1 fully saturated rings. The van der Waals surface area contributed by atoms with Gasteiger partial charge in [-0.05, 0) is 30.9 Å². The lowest BCUT2D eigenvalue weighted by atomic mass is 9.80. The minimum atomic E-state index is -0.731. The van der Waals surface area contributed by atoms with Crippen molar-refractivity contribution in [1.29, 1.82) is 0 Å². The highest BCUT2D eigenvalue weighted by atomic mass is 19.1. The maximum absolute atomic E-state index is 13.3. The van der Waals surface area contributed by atoms with Crippen LogP contribution in [0.4, 0.5) is 4.39 Å². The van der Waals surface area contributed by atoms with Crippen LogP contribution in [0.5, 0.6) is 0 Å². The molecule has 0 bridgehead atoms. The molecule has 0 aromatic heterocycles. The van der Waals surface area contributed by atoms with Crippen LogP contribution in [-0.2, 0) is 11.2 Å². The molecule has 1 aliphatic carbocycles. The number of carbonyl (C=O) groups excluding carboxylic acids is 1. The third kappa shape index (κ3) is 3.03. The van der Waals surface area contributed by atoms with Crippen LogP contribution >= 0.6 is 0 Å². The molecular formula is C13H16FNO2. The Morgan fingerprint density at radius 1 is 1.41 bits per heavy atom. The highest BCUT2D eigenvalue weighted by Gasteiger charge is 2.34. The predicted molar refractivity (Wildman–Crippen MR) is 61.9 cm³/mol. The molecule has 0 heterocycles. The molecule has 3 nitrogen and oxygen atoms in total. The van der Waals surface area contributed by atoms with E-state index in [2.05, 4.69) is 5.32 Å². The summed E-state index contributed by atoms with van der Waals surface area (Å²) in [5, 5.41) is 12.4. The van der Waals surface area contributed by atoms with Crippen molar-refractivity contribution in [3.05, 3.63) is 35.6 Å². The summed E-state index contributed by atoms with van der Waals surface area (Å²) < 4.78 is 13.3. The van der Waals surface area contributed by atoms with Crippen LogP contribution in [0.15, 0.2) is 24.3 Å². The monoisotopic (exact) mass is 237 g/mol. The fraction of sp³-hybridized carbons (Fsp3) is 0.462. The molecule has 1 aromatic carbocycles. The van der Waals surface area contributed by atoms with E-state index in [0.717, 1.165) is 19.3 Å². The molecule has 0 saturated heterocycles. The Hall–Kier alpha value is -1.42. The first kappa shape index (κ1) is 12.0. The van der Waals surface area contributed by atoms with Gasteiger partial charge in [-0.1, -0.05) is 18.2 Å². The fourth-order valence-corrected chi connectivity index (χ4v) is 1.90. The summed E-state index contributed by atoms with van der Waals surface area (Å²) in [7, 11) is 0. The normalized spacial score (nSPS) is 17.3. The van der Waals surface area contributed by atoms with Gasteiger partial charge in [0.15, 0.2) is 0 Å². The van der Waals surface area contributed by atoms with Gasteiger partial charge < -0.3 is 10.4 Å². The van der Waals surface area contributed by atoms with E-state index in [4.69, 9.17) is 0 Å².